The number of aliphatic carboxylic acids is 1. The lowest BCUT2D eigenvalue weighted by atomic mass is 9.94. The van der Waals surface area contributed by atoms with Crippen LogP contribution in [0.1, 0.15) is 31.7 Å². The summed E-state index contributed by atoms with van der Waals surface area (Å²) in [5.41, 5.74) is -0.476. The van der Waals surface area contributed by atoms with Crippen molar-refractivity contribution in [2.24, 2.45) is 5.92 Å². The van der Waals surface area contributed by atoms with E-state index in [9.17, 15) is 9.90 Å². The van der Waals surface area contributed by atoms with E-state index in [1.165, 1.54) is 12.5 Å². The van der Waals surface area contributed by atoms with Crippen LogP contribution in [0.15, 0.2) is 24.3 Å². The van der Waals surface area contributed by atoms with E-state index in [1.807, 2.05) is 24.3 Å². The van der Waals surface area contributed by atoms with Crippen LogP contribution in [0.25, 0.3) is 0 Å². The molecule has 0 radical (unpaired) electrons. The van der Waals surface area contributed by atoms with E-state index in [2.05, 4.69) is 5.32 Å². The summed E-state index contributed by atoms with van der Waals surface area (Å²) in [7, 11) is 0. The second-order valence-electron chi connectivity index (χ2n) is 6.09. The van der Waals surface area contributed by atoms with E-state index in [0.29, 0.717) is 5.92 Å². The third kappa shape index (κ3) is 4.43. The van der Waals surface area contributed by atoms with Gasteiger partial charge in [-0.25, -0.2) is 4.79 Å². The molecule has 0 heterocycles. The van der Waals surface area contributed by atoms with E-state index in [0.717, 1.165) is 30.7 Å². The fourth-order valence-electron chi connectivity index (χ4n) is 2.88. The first-order valence-corrected chi connectivity index (χ1v) is 7.70. The Bertz CT molecular complexity index is 487. The molecule has 0 saturated heterocycles. The quantitative estimate of drug-likeness (QED) is 0.755. The molecule has 1 aliphatic rings. The molecule has 1 saturated carbocycles. The Morgan fingerprint density at radius 3 is 2.67 bits per heavy atom. The molecule has 5 heteroatoms. The number of benzene rings is 1. The highest BCUT2D eigenvalue weighted by Crippen LogP contribution is 2.29. The van der Waals surface area contributed by atoms with Gasteiger partial charge in [0.15, 0.2) is 5.60 Å². The van der Waals surface area contributed by atoms with E-state index in [-0.39, 0.29) is 12.6 Å². The minimum atomic E-state index is -1.71. The Balaban J connectivity index is 1.91. The minimum Gasteiger partial charge on any atom is -0.479 e. The molecule has 1 aromatic carbocycles. The van der Waals surface area contributed by atoms with Crippen molar-refractivity contribution in [1.82, 2.24) is 5.32 Å². The van der Waals surface area contributed by atoms with Crippen LogP contribution in [0.4, 0.5) is 0 Å². The molecular weight excluding hydrogens is 290 g/mol. The smallest absolute Gasteiger partial charge is 0.336 e. The zero-order valence-corrected chi connectivity index (χ0v) is 12.9. The van der Waals surface area contributed by atoms with Gasteiger partial charge in [0.05, 0.1) is 0 Å². The van der Waals surface area contributed by atoms with Crippen LogP contribution in [-0.2, 0) is 11.2 Å². The second-order valence-corrected chi connectivity index (χ2v) is 6.52. The van der Waals surface area contributed by atoms with Crippen LogP contribution in [0.3, 0.4) is 0 Å². The van der Waals surface area contributed by atoms with Gasteiger partial charge >= 0.3 is 5.97 Å². The van der Waals surface area contributed by atoms with E-state index in [1.54, 1.807) is 0 Å². The summed E-state index contributed by atoms with van der Waals surface area (Å²) in [6.45, 7) is 1.40. The van der Waals surface area contributed by atoms with Gasteiger partial charge in [-0.3, -0.25) is 0 Å². The summed E-state index contributed by atoms with van der Waals surface area (Å²) in [5, 5.41) is 22.7. The lowest BCUT2D eigenvalue weighted by Gasteiger charge is -2.25. The molecule has 3 atom stereocenters. The summed E-state index contributed by atoms with van der Waals surface area (Å²) in [4.78, 5) is 10.9. The van der Waals surface area contributed by atoms with E-state index >= 15 is 0 Å². The van der Waals surface area contributed by atoms with Gasteiger partial charge < -0.3 is 15.5 Å². The standard InChI is InChI=1S/C16H22ClNO3/c1-16(21,15(19)20)10-18-14-4-2-3-12(14)9-11-5-7-13(17)8-6-11/h5-8,12,14,18,21H,2-4,9-10H2,1H3,(H,19,20). The topological polar surface area (TPSA) is 69.6 Å². The van der Waals surface area contributed by atoms with Crippen molar-refractivity contribution in [2.45, 2.75) is 44.2 Å². The average molecular weight is 312 g/mol. The number of carboxylic acids is 1. The zero-order valence-electron chi connectivity index (χ0n) is 12.2. The second kappa shape index (κ2) is 6.77. The molecule has 0 amide bonds. The summed E-state index contributed by atoms with van der Waals surface area (Å²) in [6, 6.07) is 8.11. The maximum Gasteiger partial charge on any atom is 0.336 e. The maximum atomic E-state index is 10.9. The predicted octanol–water partition coefficient (Wildman–Crippen LogP) is 2.48. The summed E-state index contributed by atoms with van der Waals surface area (Å²) < 4.78 is 0. The SMILES string of the molecule is CC(O)(CNC1CCCC1Cc1ccc(Cl)cc1)C(=O)O. The van der Waals surface area contributed by atoms with Crippen molar-refractivity contribution in [1.29, 1.82) is 0 Å². The highest BCUT2D eigenvalue weighted by Gasteiger charge is 2.33. The first-order valence-electron chi connectivity index (χ1n) is 7.32. The van der Waals surface area contributed by atoms with Crippen molar-refractivity contribution >= 4 is 17.6 Å². The van der Waals surface area contributed by atoms with Gasteiger partial charge in [0.25, 0.3) is 0 Å². The third-order valence-electron chi connectivity index (χ3n) is 4.24. The Hall–Kier alpha value is -1.10. The molecule has 0 aromatic heterocycles. The van der Waals surface area contributed by atoms with E-state index < -0.39 is 11.6 Å². The minimum absolute atomic E-state index is 0.0735. The van der Waals surface area contributed by atoms with Gasteiger partial charge in [0.2, 0.25) is 0 Å². The van der Waals surface area contributed by atoms with Gasteiger partial charge in [-0.2, -0.15) is 0 Å². The number of carbonyl (C=O) groups is 1. The van der Waals surface area contributed by atoms with Gasteiger partial charge in [-0.15, -0.1) is 0 Å². The molecule has 116 valence electrons. The van der Waals surface area contributed by atoms with Crippen molar-refractivity contribution in [3.63, 3.8) is 0 Å². The summed E-state index contributed by atoms with van der Waals surface area (Å²) >= 11 is 5.89. The van der Waals surface area contributed by atoms with Crippen molar-refractivity contribution in [3.8, 4) is 0 Å². The normalized spacial score (nSPS) is 24.7. The van der Waals surface area contributed by atoms with Crippen LogP contribution in [0.2, 0.25) is 5.02 Å². The largest absolute Gasteiger partial charge is 0.479 e. The molecule has 4 nitrogen and oxygen atoms in total. The maximum absolute atomic E-state index is 10.9. The number of halogens is 1. The number of carboxylic acid groups (broad SMARTS) is 1. The monoisotopic (exact) mass is 311 g/mol. The third-order valence-corrected chi connectivity index (χ3v) is 4.49. The molecule has 0 bridgehead atoms. The summed E-state index contributed by atoms with van der Waals surface area (Å²) in [6.07, 6.45) is 4.22. The summed E-state index contributed by atoms with van der Waals surface area (Å²) in [5.74, 6) is -0.724. The average Bonchev–Trinajstić information content (AvgIpc) is 2.86. The highest BCUT2D eigenvalue weighted by molar-refractivity contribution is 6.30. The Morgan fingerprint density at radius 2 is 2.05 bits per heavy atom. The Morgan fingerprint density at radius 1 is 1.38 bits per heavy atom. The van der Waals surface area contributed by atoms with Crippen molar-refractivity contribution in [3.05, 3.63) is 34.9 Å². The Kier molecular flexibility index (Phi) is 5.25. The van der Waals surface area contributed by atoms with Gasteiger partial charge in [0.1, 0.15) is 0 Å². The molecule has 3 unspecified atom stereocenters. The number of rotatable bonds is 6. The lowest BCUT2D eigenvalue weighted by molar-refractivity contribution is -0.156. The number of hydrogen-bond donors (Lipinski definition) is 3. The Labute approximate surface area is 130 Å². The van der Waals surface area contributed by atoms with Gasteiger partial charge in [-0.05, 0) is 49.8 Å². The zero-order chi connectivity index (χ0) is 15.5. The van der Waals surface area contributed by atoms with Crippen molar-refractivity contribution < 1.29 is 15.0 Å². The van der Waals surface area contributed by atoms with Crippen LogP contribution >= 0.6 is 11.6 Å². The fraction of sp³-hybridized carbons (Fsp3) is 0.562. The molecular formula is C16H22ClNO3. The van der Waals surface area contributed by atoms with Crippen LogP contribution in [-0.4, -0.2) is 34.4 Å². The van der Waals surface area contributed by atoms with Gasteiger partial charge in [0, 0.05) is 17.6 Å². The molecule has 1 aromatic rings. The predicted molar refractivity (Wildman–Crippen MR) is 82.5 cm³/mol. The van der Waals surface area contributed by atoms with Crippen LogP contribution in [0.5, 0.6) is 0 Å². The number of nitrogens with one attached hydrogen (secondary N) is 1. The lowest BCUT2D eigenvalue weighted by Crippen LogP contribution is -2.48. The molecule has 1 fully saturated rings. The first-order chi connectivity index (χ1) is 9.88. The van der Waals surface area contributed by atoms with Gasteiger partial charge in [-0.1, -0.05) is 30.2 Å². The van der Waals surface area contributed by atoms with Crippen LogP contribution < -0.4 is 5.32 Å². The molecule has 0 aliphatic heterocycles. The first kappa shape index (κ1) is 16.3. The fourth-order valence-corrected chi connectivity index (χ4v) is 3.00. The molecule has 2 rings (SSSR count). The van der Waals surface area contributed by atoms with E-state index in [4.69, 9.17) is 16.7 Å². The molecule has 21 heavy (non-hydrogen) atoms. The number of hydrogen-bond acceptors (Lipinski definition) is 3. The molecule has 0 spiro atoms. The number of aliphatic hydroxyl groups is 1. The molecule has 1 aliphatic carbocycles. The highest BCUT2D eigenvalue weighted by atomic mass is 35.5. The van der Waals surface area contributed by atoms with Crippen molar-refractivity contribution in [2.75, 3.05) is 6.54 Å². The van der Waals surface area contributed by atoms with Crippen LogP contribution in [0, 0.1) is 5.92 Å². The molecule has 3 N–H and O–H groups in total.